The molecule has 1 aliphatic rings. The Morgan fingerprint density at radius 3 is 2.85 bits per heavy atom. The largest absolute Gasteiger partial charge is 0.495 e. The molecule has 1 aliphatic heterocycles. The van der Waals surface area contributed by atoms with Crippen LogP contribution in [0.4, 0.5) is 11.6 Å². The first-order valence-corrected chi connectivity index (χ1v) is 10.7. The van der Waals surface area contributed by atoms with E-state index < -0.39 is 0 Å². The first kappa shape index (κ1) is 19.2. The average molecular weight is 435 g/mol. The zero-order chi connectivity index (χ0) is 22.4. The van der Waals surface area contributed by atoms with Crippen molar-refractivity contribution in [2.45, 2.75) is 6.54 Å². The summed E-state index contributed by atoms with van der Waals surface area (Å²) in [6.45, 7) is 0.628. The molecule has 0 atom stereocenters. The van der Waals surface area contributed by atoms with Gasteiger partial charge in [-0.05, 0) is 40.6 Å². The molecule has 162 valence electrons. The first-order chi connectivity index (χ1) is 16.2. The van der Waals surface area contributed by atoms with Gasteiger partial charge in [0.1, 0.15) is 11.3 Å². The summed E-state index contributed by atoms with van der Waals surface area (Å²) in [6.07, 6.45) is 3.58. The number of aromatic nitrogens is 3. The smallest absolute Gasteiger partial charge is 0.256 e. The van der Waals surface area contributed by atoms with Gasteiger partial charge in [0.2, 0.25) is 5.95 Å². The van der Waals surface area contributed by atoms with Crippen molar-refractivity contribution < 1.29 is 9.53 Å². The minimum Gasteiger partial charge on any atom is -0.495 e. The number of benzene rings is 3. The maximum absolute atomic E-state index is 12.8. The minimum absolute atomic E-state index is 0.164. The lowest BCUT2D eigenvalue weighted by Gasteiger charge is -2.07. The highest BCUT2D eigenvalue weighted by Gasteiger charge is 2.28. The third-order valence-corrected chi connectivity index (χ3v) is 5.99. The molecule has 0 spiro atoms. The molecule has 0 aliphatic carbocycles. The maximum atomic E-state index is 12.8. The number of anilines is 2. The van der Waals surface area contributed by atoms with Gasteiger partial charge in [-0.2, -0.15) is 0 Å². The monoisotopic (exact) mass is 435 g/mol. The van der Waals surface area contributed by atoms with Crippen LogP contribution in [0.5, 0.6) is 5.75 Å². The molecule has 0 bridgehead atoms. The number of aromatic amines is 2. The van der Waals surface area contributed by atoms with E-state index in [4.69, 9.17) is 9.72 Å². The van der Waals surface area contributed by atoms with Gasteiger partial charge in [0.15, 0.2) is 0 Å². The van der Waals surface area contributed by atoms with Crippen LogP contribution in [0.3, 0.4) is 0 Å². The van der Waals surface area contributed by atoms with Crippen molar-refractivity contribution in [3.8, 4) is 5.75 Å². The first-order valence-electron chi connectivity index (χ1n) is 10.7. The predicted octanol–water partition coefficient (Wildman–Crippen LogP) is 5.16. The van der Waals surface area contributed by atoms with E-state index in [0.29, 0.717) is 23.8 Å². The Bertz CT molecular complexity index is 1550. The Morgan fingerprint density at radius 1 is 1.06 bits per heavy atom. The van der Waals surface area contributed by atoms with Gasteiger partial charge in [0, 0.05) is 18.3 Å². The summed E-state index contributed by atoms with van der Waals surface area (Å²) in [5.74, 6) is 1.17. The number of hydrogen-bond donors (Lipinski definition) is 4. The van der Waals surface area contributed by atoms with Crippen LogP contribution in [0.1, 0.15) is 16.8 Å². The van der Waals surface area contributed by atoms with E-state index in [9.17, 15) is 4.79 Å². The van der Waals surface area contributed by atoms with Crippen molar-refractivity contribution in [2.24, 2.45) is 0 Å². The lowest BCUT2D eigenvalue weighted by molar-refractivity contribution is -0.110. The van der Waals surface area contributed by atoms with Gasteiger partial charge in [-0.25, -0.2) is 4.98 Å². The number of fused-ring (bicyclic) bond motifs is 4. The Morgan fingerprint density at radius 2 is 1.94 bits per heavy atom. The number of amides is 1. The van der Waals surface area contributed by atoms with Crippen molar-refractivity contribution in [1.82, 2.24) is 15.0 Å². The summed E-state index contributed by atoms with van der Waals surface area (Å²) in [4.78, 5) is 24.0. The number of hydrogen-bond acceptors (Lipinski definition) is 4. The van der Waals surface area contributed by atoms with Crippen LogP contribution in [0, 0.1) is 0 Å². The number of nitrogens with one attached hydrogen (secondary N) is 4. The van der Waals surface area contributed by atoms with E-state index in [-0.39, 0.29) is 5.91 Å². The van der Waals surface area contributed by atoms with Crippen LogP contribution in [0.2, 0.25) is 0 Å². The molecule has 3 aromatic carbocycles. The van der Waals surface area contributed by atoms with E-state index in [2.05, 4.69) is 50.9 Å². The molecule has 0 radical (unpaired) electrons. The molecule has 7 heteroatoms. The van der Waals surface area contributed by atoms with Crippen molar-refractivity contribution in [2.75, 3.05) is 17.7 Å². The van der Waals surface area contributed by atoms with Crippen LogP contribution in [0.15, 0.2) is 66.9 Å². The summed E-state index contributed by atoms with van der Waals surface area (Å²) < 4.78 is 5.38. The Labute approximate surface area is 189 Å². The maximum Gasteiger partial charge on any atom is 0.256 e. The highest BCUT2D eigenvalue weighted by molar-refractivity contribution is 6.37. The van der Waals surface area contributed by atoms with Gasteiger partial charge in [0.05, 0.1) is 29.6 Å². The normalized spacial score (nSPS) is 14.1. The highest BCUT2D eigenvalue weighted by Crippen LogP contribution is 2.39. The quantitative estimate of drug-likeness (QED) is 0.287. The van der Waals surface area contributed by atoms with E-state index in [1.165, 1.54) is 16.3 Å². The van der Waals surface area contributed by atoms with Gasteiger partial charge in [-0.15, -0.1) is 0 Å². The summed E-state index contributed by atoms with van der Waals surface area (Å²) in [7, 11) is 1.60. The second kappa shape index (κ2) is 7.56. The van der Waals surface area contributed by atoms with Crippen LogP contribution in [0.25, 0.3) is 33.5 Å². The molecular weight excluding hydrogens is 414 g/mol. The molecule has 2 aromatic heterocycles. The number of carbonyl (C=O) groups is 1. The third-order valence-electron chi connectivity index (χ3n) is 5.99. The van der Waals surface area contributed by atoms with Gasteiger partial charge in [-0.1, -0.05) is 42.5 Å². The molecule has 33 heavy (non-hydrogen) atoms. The fourth-order valence-corrected chi connectivity index (χ4v) is 4.41. The van der Waals surface area contributed by atoms with Gasteiger partial charge in [-0.3, -0.25) is 4.79 Å². The van der Waals surface area contributed by atoms with E-state index in [1.807, 2.05) is 30.3 Å². The summed E-state index contributed by atoms with van der Waals surface area (Å²) >= 11 is 0. The molecule has 0 saturated carbocycles. The number of H-pyrrole nitrogens is 2. The molecule has 6 rings (SSSR count). The Kier molecular flexibility index (Phi) is 4.40. The number of imidazole rings is 1. The molecule has 3 heterocycles. The fourth-order valence-electron chi connectivity index (χ4n) is 4.41. The molecule has 4 N–H and O–H groups in total. The van der Waals surface area contributed by atoms with Crippen LogP contribution >= 0.6 is 0 Å². The second-order valence-corrected chi connectivity index (χ2v) is 7.93. The number of rotatable bonds is 5. The molecule has 5 aromatic rings. The molecule has 7 nitrogen and oxygen atoms in total. The lowest BCUT2D eigenvalue weighted by atomic mass is 10.0. The van der Waals surface area contributed by atoms with Gasteiger partial charge < -0.3 is 25.3 Å². The van der Waals surface area contributed by atoms with E-state index >= 15 is 0 Å². The molecule has 0 saturated heterocycles. The van der Waals surface area contributed by atoms with Crippen LogP contribution in [-0.4, -0.2) is 28.0 Å². The van der Waals surface area contributed by atoms with Crippen molar-refractivity contribution in [3.63, 3.8) is 0 Å². The lowest BCUT2D eigenvalue weighted by Crippen LogP contribution is -2.03. The number of methoxy groups -OCH3 is 1. The molecule has 0 fully saturated rings. The van der Waals surface area contributed by atoms with Gasteiger partial charge >= 0.3 is 0 Å². The van der Waals surface area contributed by atoms with Crippen molar-refractivity contribution in [3.05, 3.63) is 83.7 Å². The average Bonchev–Trinajstić information content (AvgIpc) is 3.54. The summed E-state index contributed by atoms with van der Waals surface area (Å²) in [6, 6.07) is 20.3. The topological polar surface area (TPSA) is 94.8 Å². The SMILES string of the molecule is COc1cc[nH]c1/C=C1\C(=O)Nc2ccc3[nH]c(NCc4cccc5ccccc45)nc3c21. The van der Waals surface area contributed by atoms with E-state index in [0.717, 1.165) is 28.0 Å². The van der Waals surface area contributed by atoms with Gasteiger partial charge in [0.25, 0.3) is 5.91 Å². The number of nitrogens with zero attached hydrogens (tertiary/aromatic N) is 1. The Hall–Kier alpha value is -4.52. The highest BCUT2D eigenvalue weighted by atomic mass is 16.5. The zero-order valence-corrected chi connectivity index (χ0v) is 17.9. The predicted molar refractivity (Wildman–Crippen MR) is 131 cm³/mol. The summed E-state index contributed by atoms with van der Waals surface area (Å²) in [5.41, 5.74) is 5.59. The zero-order valence-electron chi connectivity index (χ0n) is 17.9. The van der Waals surface area contributed by atoms with E-state index in [1.54, 1.807) is 19.4 Å². The Balaban J connectivity index is 1.37. The summed E-state index contributed by atoms with van der Waals surface area (Å²) in [5, 5.41) is 8.77. The second-order valence-electron chi connectivity index (χ2n) is 7.93. The minimum atomic E-state index is -0.164. The molecular formula is C26H21N5O2. The van der Waals surface area contributed by atoms with Crippen LogP contribution < -0.4 is 15.4 Å². The standard InChI is InChI=1S/C26H21N5O2/c1-33-22-11-12-27-21(22)13-18-23-19(29-25(18)32)9-10-20-24(23)31-26(30-20)28-14-16-7-4-6-15-5-2-3-8-17(15)16/h2-13,27H,14H2,1H3,(H,29,32)(H2,28,30,31)/b18-13-. The van der Waals surface area contributed by atoms with Crippen molar-refractivity contribution in [1.29, 1.82) is 0 Å². The number of carbonyl (C=O) groups excluding carboxylic acids is 1. The molecule has 1 amide bonds. The third kappa shape index (κ3) is 3.22. The fraction of sp³-hybridized carbons (Fsp3) is 0.0769. The van der Waals surface area contributed by atoms with Crippen LogP contribution in [-0.2, 0) is 11.3 Å². The molecule has 0 unspecified atom stereocenters. The number of ether oxygens (including phenoxy) is 1. The van der Waals surface area contributed by atoms with Crippen molar-refractivity contribution >= 4 is 51.0 Å².